The fourth-order valence-electron chi connectivity index (χ4n) is 2.64. The van der Waals surface area contributed by atoms with Crippen LogP contribution in [0.3, 0.4) is 0 Å². The summed E-state index contributed by atoms with van der Waals surface area (Å²) in [5.41, 5.74) is 4.25. The Labute approximate surface area is 131 Å². The third kappa shape index (κ3) is 4.40. The van der Waals surface area contributed by atoms with Crippen LogP contribution in [-0.4, -0.2) is 17.5 Å². The van der Waals surface area contributed by atoms with Crippen LogP contribution in [0.5, 0.6) is 0 Å². The molecule has 1 aromatic heterocycles. The molecule has 2 nitrogen and oxygen atoms in total. The smallest absolute Gasteiger partial charge is 0.0248 e. The summed E-state index contributed by atoms with van der Waals surface area (Å²) >= 11 is 1.80. The molecule has 1 aliphatic carbocycles. The average Bonchev–Trinajstić information content (AvgIpc) is 3.24. The largest absolute Gasteiger partial charge is 0.313 e. The Morgan fingerprint density at radius 1 is 1.05 bits per heavy atom. The van der Waals surface area contributed by atoms with Gasteiger partial charge >= 0.3 is 0 Å². The van der Waals surface area contributed by atoms with Gasteiger partial charge in [0.2, 0.25) is 0 Å². The number of nitrogens with one attached hydrogen (secondary N) is 1. The van der Waals surface area contributed by atoms with Gasteiger partial charge in [0, 0.05) is 25.7 Å². The maximum absolute atomic E-state index is 3.37. The topological polar surface area (TPSA) is 15.3 Å². The molecule has 1 saturated carbocycles. The van der Waals surface area contributed by atoms with Crippen molar-refractivity contribution >= 4 is 11.3 Å². The summed E-state index contributed by atoms with van der Waals surface area (Å²) in [6.45, 7) is 6.30. The first-order chi connectivity index (χ1) is 10.3. The predicted molar refractivity (Wildman–Crippen MR) is 90.4 cm³/mol. The molecule has 0 atom stereocenters. The van der Waals surface area contributed by atoms with E-state index in [0.717, 1.165) is 32.2 Å². The molecule has 3 heteroatoms. The third-order valence-electron chi connectivity index (χ3n) is 4.02. The Hall–Kier alpha value is -1.16. The minimum Gasteiger partial charge on any atom is -0.313 e. The van der Waals surface area contributed by atoms with Gasteiger partial charge in [-0.25, -0.2) is 0 Å². The van der Waals surface area contributed by atoms with Gasteiger partial charge in [0.05, 0.1) is 0 Å². The van der Waals surface area contributed by atoms with Crippen molar-refractivity contribution in [2.24, 2.45) is 0 Å². The standard InChI is InChI=1S/C18H24N2S/c1-2-19-11-15-3-5-16(6-4-15)12-20(18-7-8-18)13-17-9-10-21-14-17/h3-6,9-10,14,18-19H,2,7-8,11-13H2,1H3. The Kier molecular flexibility index (Phi) is 5.07. The highest BCUT2D eigenvalue weighted by Gasteiger charge is 2.28. The molecule has 1 aromatic carbocycles. The molecule has 2 aromatic rings. The van der Waals surface area contributed by atoms with E-state index in [9.17, 15) is 0 Å². The fourth-order valence-corrected chi connectivity index (χ4v) is 3.30. The number of rotatable bonds is 8. The molecule has 0 amide bonds. The van der Waals surface area contributed by atoms with Crippen molar-refractivity contribution in [2.75, 3.05) is 6.54 Å². The molecule has 1 fully saturated rings. The normalized spacial score (nSPS) is 14.8. The highest BCUT2D eigenvalue weighted by Crippen LogP contribution is 2.30. The first-order valence-electron chi connectivity index (χ1n) is 7.89. The van der Waals surface area contributed by atoms with Crippen LogP contribution < -0.4 is 5.32 Å². The monoisotopic (exact) mass is 300 g/mol. The molecule has 0 radical (unpaired) electrons. The Balaban J connectivity index is 1.60. The lowest BCUT2D eigenvalue weighted by molar-refractivity contribution is 0.246. The Morgan fingerprint density at radius 2 is 1.76 bits per heavy atom. The summed E-state index contributed by atoms with van der Waals surface area (Å²) in [5.74, 6) is 0. The van der Waals surface area contributed by atoms with Gasteiger partial charge in [-0.3, -0.25) is 4.90 Å². The highest BCUT2D eigenvalue weighted by molar-refractivity contribution is 7.07. The molecular weight excluding hydrogens is 276 g/mol. The van der Waals surface area contributed by atoms with E-state index in [-0.39, 0.29) is 0 Å². The van der Waals surface area contributed by atoms with Crippen molar-refractivity contribution in [3.8, 4) is 0 Å². The van der Waals surface area contributed by atoms with Crippen LogP contribution in [-0.2, 0) is 19.6 Å². The highest BCUT2D eigenvalue weighted by atomic mass is 32.1. The minimum absolute atomic E-state index is 0.798. The van der Waals surface area contributed by atoms with Crippen molar-refractivity contribution in [3.63, 3.8) is 0 Å². The molecule has 1 aliphatic rings. The van der Waals surface area contributed by atoms with Crippen molar-refractivity contribution < 1.29 is 0 Å². The number of hydrogen-bond acceptors (Lipinski definition) is 3. The van der Waals surface area contributed by atoms with Crippen molar-refractivity contribution in [2.45, 2.75) is 45.4 Å². The molecule has 1 heterocycles. The maximum atomic E-state index is 3.37. The van der Waals surface area contributed by atoms with Gasteiger partial charge in [0.25, 0.3) is 0 Å². The first-order valence-corrected chi connectivity index (χ1v) is 8.83. The van der Waals surface area contributed by atoms with Gasteiger partial charge in [0.1, 0.15) is 0 Å². The van der Waals surface area contributed by atoms with Crippen LogP contribution in [0.15, 0.2) is 41.1 Å². The number of thiophene rings is 1. The molecular formula is C18H24N2S. The quantitative estimate of drug-likeness (QED) is 0.792. The van der Waals surface area contributed by atoms with E-state index in [0.29, 0.717) is 0 Å². The van der Waals surface area contributed by atoms with Gasteiger partial charge in [-0.2, -0.15) is 11.3 Å². The summed E-state index contributed by atoms with van der Waals surface area (Å²) in [5, 5.41) is 7.82. The summed E-state index contributed by atoms with van der Waals surface area (Å²) in [6.07, 6.45) is 2.73. The van der Waals surface area contributed by atoms with Gasteiger partial charge in [-0.15, -0.1) is 0 Å². The number of benzene rings is 1. The van der Waals surface area contributed by atoms with Crippen molar-refractivity contribution in [1.29, 1.82) is 0 Å². The van der Waals surface area contributed by atoms with Crippen molar-refractivity contribution in [3.05, 3.63) is 57.8 Å². The molecule has 3 rings (SSSR count). The molecule has 0 bridgehead atoms. The lowest BCUT2D eigenvalue weighted by Crippen LogP contribution is -2.24. The lowest BCUT2D eigenvalue weighted by Gasteiger charge is -2.21. The van der Waals surface area contributed by atoms with Gasteiger partial charge in [-0.1, -0.05) is 31.2 Å². The summed E-state index contributed by atoms with van der Waals surface area (Å²) in [7, 11) is 0. The molecule has 1 N–H and O–H groups in total. The van der Waals surface area contributed by atoms with E-state index in [2.05, 4.69) is 58.2 Å². The lowest BCUT2D eigenvalue weighted by atomic mass is 10.1. The van der Waals surface area contributed by atoms with Gasteiger partial charge < -0.3 is 5.32 Å². The second kappa shape index (κ2) is 7.21. The second-order valence-corrected chi connectivity index (χ2v) is 6.64. The predicted octanol–water partition coefficient (Wildman–Crippen LogP) is 4.02. The van der Waals surface area contributed by atoms with Crippen LogP contribution in [0.4, 0.5) is 0 Å². The SMILES string of the molecule is CCNCc1ccc(CN(Cc2ccsc2)C2CC2)cc1. The molecule has 0 aliphatic heterocycles. The zero-order valence-electron chi connectivity index (χ0n) is 12.7. The van der Waals surface area contributed by atoms with Crippen LogP contribution >= 0.6 is 11.3 Å². The molecule has 0 unspecified atom stereocenters. The van der Waals surface area contributed by atoms with Crippen LogP contribution in [0.25, 0.3) is 0 Å². The zero-order valence-corrected chi connectivity index (χ0v) is 13.5. The molecule has 0 spiro atoms. The first kappa shape index (κ1) is 14.8. The van der Waals surface area contributed by atoms with Crippen LogP contribution in [0.1, 0.15) is 36.5 Å². The third-order valence-corrected chi connectivity index (χ3v) is 4.75. The maximum Gasteiger partial charge on any atom is 0.0248 e. The number of hydrogen-bond donors (Lipinski definition) is 1. The van der Waals surface area contributed by atoms with E-state index < -0.39 is 0 Å². The van der Waals surface area contributed by atoms with E-state index in [1.807, 2.05) is 0 Å². The Morgan fingerprint density at radius 3 is 2.38 bits per heavy atom. The second-order valence-electron chi connectivity index (χ2n) is 5.86. The van der Waals surface area contributed by atoms with E-state index in [1.165, 1.54) is 29.5 Å². The van der Waals surface area contributed by atoms with Gasteiger partial charge in [-0.05, 0) is 52.9 Å². The van der Waals surface area contributed by atoms with Crippen LogP contribution in [0, 0.1) is 0 Å². The summed E-state index contributed by atoms with van der Waals surface area (Å²) in [4.78, 5) is 2.63. The summed E-state index contributed by atoms with van der Waals surface area (Å²) in [6, 6.07) is 12.1. The fraction of sp³-hybridized carbons (Fsp3) is 0.444. The van der Waals surface area contributed by atoms with E-state index >= 15 is 0 Å². The van der Waals surface area contributed by atoms with E-state index in [4.69, 9.17) is 0 Å². The van der Waals surface area contributed by atoms with E-state index in [1.54, 1.807) is 11.3 Å². The van der Waals surface area contributed by atoms with Crippen LogP contribution in [0.2, 0.25) is 0 Å². The molecule has 0 saturated heterocycles. The number of nitrogens with zero attached hydrogens (tertiary/aromatic N) is 1. The Bertz CT molecular complexity index is 529. The molecule has 21 heavy (non-hydrogen) atoms. The van der Waals surface area contributed by atoms with Gasteiger partial charge in [0.15, 0.2) is 0 Å². The molecule has 112 valence electrons. The minimum atomic E-state index is 0.798. The average molecular weight is 300 g/mol. The zero-order chi connectivity index (χ0) is 14.5. The van der Waals surface area contributed by atoms with Crippen molar-refractivity contribution in [1.82, 2.24) is 10.2 Å². The summed E-state index contributed by atoms with van der Waals surface area (Å²) < 4.78 is 0.